The van der Waals surface area contributed by atoms with Crippen molar-refractivity contribution in [3.8, 4) is 0 Å². The maximum atomic E-state index is 12.1. The Balaban J connectivity index is 2.54. The van der Waals surface area contributed by atoms with Crippen molar-refractivity contribution < 1.29 is 4.79 Å². The molecule has 0 aliphatic heterocycles. The number of nitrogens with zero attached hydrogens (tertiary/aromatic N) is 1. The number of hydrogen-bond donors (Lipinski definition) is 1. The first-order chi connectivity index (χ1) is 6.87. The summed E-state index contributed by atoms with van der Waals surface area (Å²) in [5.74, 6) is 1.12. The minimum atomic E-state index is -0.0240. The summed E-state index contributed by atoms with van der Waals surface area (Å²) in [5.41, 5.74) is 0.210. The molecule has 1 aliphatic carbocycles. The van der Waals surface area contributed by atoms with Gasteiger partial charge in [-0.05, 0) is 44.3 Å². The molecule has 0 heterocycles. The number of thiol groups is 1. The van der Waals surface area contributed by atoms with Gasteiger partial charge in [0.05, 0.1) is 0 Å². The molecule has 3 heteroatoms. The maximum absolute atomic E-state index is 12.1. The molecule has 88 valence electrons. The van der Waals surface area contributed by atoms with Crippen LogP contribution >= 0.6 is 12.6 Å². The SMILES string of the molecule is CCC(C)(C)N(C)C(=O)CC1(CS)CC1. The third-order valence-electron chi connectivity index (χ3n) is 3.97. The average Bonchev–Trinajstić information content (AvgIpc) is 2.97. The molecule has 0 aromatic carbocycles. The number of rotatable bonds is 5. The van der Waals surface area contributed by atoms with Crippen molar-refractivity contribution in [3.05, 3.63) is 0 Å². The van der Waals surface area contributed by atoms with Crippen LogP contribution in [0.2, 0.25) is 0 Å². The molecule has 1 aliphatic rings. The molecule has 1 rings (SSSR count). The lowest BCUT2D eigenvalue weighted by atomic mass is 9.97. The van der Waals surface area contributed by atoms with Gasteiger partial charge in [0.15, 0.2) is 0 Å². The van der Waals surface area contributed by atoms with E-state index in [0.29, 0.717) is 6.42 Å². The largest absolute Gasteiger partial charge is 0.341 e. The fourth-order valence-electron chi connectivity index (χ4n) is 1.58. The third-order valence-corrected chi connectivity index (χ3v) is 4.64. The highest BCUT2D eigenvalue weighted by Crippen LogP contribution is 2.50. The molecule has 1 fully saturated rings. The second-order valence-corrected chi connectivity index (χ2v) is 5.77. The van der Waals surface area contributed by atoms with E-state index in [1.54, 1.807) is 0 Å². The summed E-state index contributed by atoms with van der Waals surface area (Å²) in [5, 5.41) is 0. The summed E-state index contributed by atoms with van der Waals surface area (Å²) in [6, 6.07) is 0. The Kier molecular flexibility index (Phi) is 3.75. The van der Waals surface area contributed by atoms with Crippen LogP contribution in [-0.4, -0.2) is 29.1 Å². The summed E-state index contributed by atoms with van der Waals surface area (Å²) in [6.07, 6.45) is 4.00. The molecule has 0 unspecified atom stereocenters. The van der Waals surface area contributed by atoms with Crippen LogP contribution in [0.4, 0.5) is 0 Å². The molecule has 0 spiro atoms. The van der Waals surface area contributed by atoms with E-state index in [1.807, 2.05) is 11.9 Å². The number of hydrogen-bond acceptors (Lipinski definition) is 2. The van der Waals surface area contributed by atoms with E-state index in [1.165, 1.54) is 12.8 Å². The Hall–Kier alpha value is -0.180. The Bertz CT molecular complexity index is 246. The van der Waals surface area contributed by atoms with Gasteiger partial charge in [0.25, 0.3) is 0 Å². The van der Waals surface area contributed by atoms with Gasteiger partial charge in [-0.15, -0.1) is 0 Å². The Morgan fingerprint density at radius 1 is 1.47 bits per heavy atom. The molecular weight excluding hydrogens is 206 g/mol. The lowest BCUT2D eigenvalue weighted by Gasteiger charge is -2.35. The fourth-order valence-corrected chi connectivity index (χ4v) is 2.01. The van der Waals surface area contributed by atoms with Crippen LogP contribution in [0.5, 0.6) is 0 Å². The van der Waals surface area contributed by atoms with Crippen molar-refractivity contribution in [1.82, 2.24) is 4.90 Å². The Labute approximate surface area is 98.8 Å². The lowest BCUT2D eigenvalue weighted by Crippen LogP contribution is -2.45. The zero-order valence-corrected chi connectivity index (χ0v) is 11.2. The van der Waals surface area contributed by atoms with Crippen molar-refractivity contribution in [2.24, 2.45) is 5.41 Å². The van der Waals surface area contributed by atoms with E-state index in [-0.39, 0.29) is 16.9 Å². The zero-order valence-electron chi connectivity index (χ0n) is 10.3. The van der Waals surface area contributed by atoms with Gasteiger partial charge >= 0.3 is 0 Å². The highest BCUT2D eigenvalue weighted by Gasteiger charge is 2.44. The van der Waals surface area contributed by atoms with Crippen LogP contribution in [0.25, 0.3) is 0 Å². The monoisotopic (exact) mass is 229 g/mol. The molecule has 0 aromatic heterocycles. The van der Waals surface area contributed by atoms with Gasteiger partial charge in [0, 0.05) is 19.0 Å². The van der Waals surface area contributed by atoms with Gasteiger partial charge in [-0.1, -0.05) is 6.92 Å². The van der Waals surface area contributed by atoms with Crippen LogP contribution in [-0.2, 0) is 4.79 Å². The van der Waals surface area contributed by atoms with E-state index >= 15 is 0 Å². The van der Waals surface area contributed by atoms with Crippen molar-refractivity contribution in [2.75, 3.05) is 12.8 Å². The first kappa shape index (κ1) is 12.9. The van der Waals surface area contributed by atoms with Gasteiger partial charge < -0.3 is 4.90 Å². The molecule has 2 nitrogen and oxygen atoms in total. The second kappa shape index (κ2) is 4.36. The van der Waals surface area contributed by atoms with E-state index < -0.39 is 0 Å². The molecule has 0 aromatic rings. The number of carbonyl (C=O) groups is 1. The molecule has 0 radical (unpaired) electrons. The van der Waals surface area contributed by atoms with E-state index in [9.17, 15) is 4.79 Å². The normalized spacial score (nSPS) is 18.7. The smallest absolute Gasteiger partial charge is 0.223 e. The molecule has 1 amide bonds. The molecule has 0 bridgehead atoms. The maximum Gasteiger partial charge on any atom is 0.223 e. The quantitative estimate of drug-likeness (QED) is 0.719. The van der Waals surface area contributed by atoms with Gasteiger partial charge in [-0.2, -0.15) is 12.6 Å². The summed E-state index contributed by atoms with van der Waals surface area (Å²) >= 11 is 4.33. The minimum absolute atomic E-state index is 0.0240. The van der Waals surface area contributed by atoms with Gasteiger partial charge in [-0.3, -0.25) is 4.79 Å². The Morgan fingerprint density at radius 2 is 2.00 bits per heavy atom. The molecular formula is C12H23NOS. The highest BCUT2D eigenvalue weighted by molar-refractivity contribution is 7.80. The average molecular weight is 229 g/mol. The van der Waals surface area contributed by atoms with E-state index in [4.69, 9.17) is 0 Å². The predicted molar refractivity (Wildman–Crippen MR) is 67.3 cm³/mol. The first-order valence-corrected chi connectivity index (χ1v) is 6.38. The third kappa shape index (κ3) is 2.90. The van der Waals surface area contributed by atoms with Gasteiger partial charge in [0.1, 0.15) is 0 Å². The first-order valence-electron chi connectivity index (χ1n) is 5.74. The van der Waals surface area contributed by atoms with Crippen LogP contribution < -0.4 is 0 Å². The summed E-state index contributed by atoms with van der Waals surface area (Å²) < 4.78 is 0. The topological polar surface area (TPSA) is 20.3 Å². The van der Waals surface area contributed by atoms with Crippen molar-refractivity contribution in [3.63, 3.8) is 0 Å². The lowest BCUT2D eigenvalue weighted by molar-refractivity contribution is -0.135. The second-order valence-electron chi connectivity index (χ2n) is 5.45. The van der Waals surface area contributed by atoms with Crippen molar-refractivity contribution >= 4 is 18.5 Å². The zero-order chi connectivity index (χ0) is 11.7. The number of carbonyl (C=O) groups excluding carboxylic acids is 1. The summed E-state index contributed by atoms with van der Waals surface area (Å²) in [6.45, 7) is 6.35. The number of amides is 1. The molecule has 15 heavy (non-hydrogen) atoms. The molecule has 0 saturated heterocycles. The Morgan fingerprint density at radius 3 is 2.33 bits per heavy atom. The fraction of sp³-hybridized carbons (Fsp3) is 0.917. The summed E-state index contributed by atoms with van der Waals surface area (Å²) in [4.78, 5) is 14.0. The molecule has 1 saturated carbocycles. The van der Waals surface area contributed by atoms with Crippen molar-refractivity contribution in [2.45, 2.75) is 52.0 Å². The molecule has 0 atom stereocenters. The standard InChI is InChI=1S/C12H23NOS/c1-5-11(2,3)13(4)10(14)8-12(9-15)6-7-12/h15H,5-9H2,1-4H3. The highest BCUT2D eigenvalue weighted by atomic mass is 32.1. The van der Waals surface area contributed by atoms with Crippen molar-refractivity contribution in [1.29, 1.82) is 0 Å². The molecule has 0 N–H and O–H groups in total. The van der Waals surface area contributed by atoms with Crippen LogP contribution in [0.15, 0.2) is 0 Å². The van der Waals surface area contributed by atoms with Crippen LogP contribution in [0.3, 0.4) is 0 Å². The summed E-state index contributed by atoms with van der Waals surface area (Å²) in [7, 11) is 1.92. The van der Waals surface area contributed by atoms with Gasteiger partial charge in [0.2, 0.25) is 5.91 Å². The van der Waals surface area contributed by atoms with E-state index in [2.05, 4.69) is 33.4 Å². The minimum Gasteiger partial charge on any atom is -0.341 e. The predicted octanol–water partition coefficient (Wildman–Crippen LogP) is 2.73. The van der Waals surface area contributed by atoms with Crippen LogP contribution in [0.1, 0.15) is 46.5 Å². The van der Waals surface area contributed by atoms with E-state index in [0.717, 1.165) is 12.2 Å². The van der Waals surface area contributed by atoms with Gasteiger partial charge in [-0.25, -0.2) is 0 Å². The van der Waals surface area contributed by atoms with Crippen LogP contribution in [0, 0.1) is 5.41 Å².